The highest BCUT2D eigenvalue weighted by Gasteiger charge is 2.30. The van der Waals surface area contributed by atoms with E-state index in [9.17, 15) is 9.59 Å². The second kappa shape index (κ2) is 8.77. The number of nitrogens with zero attached hydrogens (tertiary/aromatic N) is 4. The van der Waals surface area contributed by atoms with E-state index in [-0.39, 0.29) is 17.7 Å². The number of nitrogens with one attached hydrogen (secondary N) is 1. The molecule has 2 saturated heterocycles. The molecule has 0 bridgehead atoms. The van der Waals surface area contributed by atoms with E-state index in [0.717, 1.165) is 42.3 Å². The van der Waals surface area contributed by atoms with E-state index in [1.807, 2.05) is 24.3 Å². The molecule has 0 aliphatic carbocycles. The Hall–Kier alpha value is -2.68. The van der Waals surface area contributed by atoms with Gasteiger partial charge in [0.05, 0.1) is 13.0 Å². The molecular weight excluding hydrogens is 390 g/mol. The van der Waals surface area contributed by atoms with Crippen LogP contribution in [0.4, 0.5) is 10.3 Å². The molecule has 2 amide bonds. The van der Waals surface area contributed by atoms with Crippen LogP contribution in [0.25, 0.3) is 0 Å². The van der Waals surface area contributed by atoms with Crippen LogP contribution in [0.5, 0.6) is 5.75 Å². The van der Waals surface area contributed by atoms with Crippen LogP contribution in [0.15, 0.2) is 24.3 Å². The lowest BCUT2D eigenvalue weighted by molar-refractivity contribution is -0.125. The highest BCUT2D eigenvalue weighted by molar-refractivity contribution is 7.19. The quantitative estimate of drug-likeness (QED) is 0.778. The number of benzene rings is 1. The minimum Gasteiger partial charge on any atom is -0.497 e. The minimum absolute atomic E-state index is 0.0528. The second-order valence-corrected chi connectivity index (χ2v) is 8.31. The highest BCUT2D eigenvalue weighted by Crippen LogP contribution is 2.32. The summed E-state index contributed by atoms with van der Waals surface area (Å²) in [7, 11) is 1.63. The van der Waals surface area contributed by atoms with E-state index in [4.69, 9.17) is 4.74 Å². The highest BCUT2D eigenvalue weighted by atomic mass is 32.1. The third kappa shape index (κ3) is 4.50. The fraction of sp³-hybridized carbons (Fsp3) is 0.500. The van der Waals surface area contributed by atoms with Crippen LogP contribution in [-0.2, 0) is 16.1 Å². The van der Waals surface area contributed by atoms with Gasteiger partial charge in [-0.1, -0.05) is 23.5 Å². The number of anilines is 2. The average molecular weight is 416 g/mol. The summed E-state index contributed by atoms with van der Waals surface area (Å²) in [5.41, 5.74) is 1.01. The Morgan fingerprint density at radius 2 is 2.14 bits per heavy atom. The maximum atomic E-state index is 12.7. The van der Waals surface area contributed by atoms with Crippen molar-refractivity contribution in [3.63, 3.8) is 0 Å². The maximum absolute atomic E-state index is 12.7. The lowest BCUT2D eigenvalue weighted by Gasteiger charge is -2.31. The van der Waals surface area contributed by atoms with Crippen molar-refractivity contribution < 1.29 is 14.3 Å². The molecule has 0 saturated carbocycles. The zero-order valence-electron chi connectivity index (χ0n) is 16.5. The van der Waals surface area contributed by atoms with Gasteiger partial charge in [0.1, 0.15) is 5.75 Å². The number of piperidine rings is 1. The van der Waals surface area contributed by atoms with Gasteiger partial charge in [0.15, 0.2) is 0 Å². The van der Waals surface area contributed by atoms with E-state index in [2.05, 4.69) is 20.4 Å². The van der Waals surface area contributed by atoms with E-state index < -0.39 is 0 Å². The molecule has 1 aromatic carbocycles. The fourth-order valence-corrected chi connectivity index (χ4v) is 4.70. The smallest absolute Gasteiger partial charge is 0.228 e. The summed E-state index contributed by atoms with van der Waals surface area (Å²) in [6.07, 6.45) is 3.23. The molecule has 154 valence electrons. The van der Waals surface area contributed by atoms with Gasteiger partial charge in [0.25, 0.3) is 0 Å². The van der Waals surface area contributed by atoms with E-state index in [0.29, 0.717) is 31.2 Å². The predicted octanol–water partition coefficient (Wildman–Crippen LogP) is 2.21. The first-order valence-corrected chi connectivity index (χ1v) is 10.7. The minimum atomic E-state index is -0.0878. The predicted molar refractivity (Wildman–Crippen MR) is 111 cm³/mol. The van der Waals surface area contributed by atoms with Crippen molar-refractivity contribution in [2.24, 2.45) is 5.92 Å². The third-order valence-corrected chi connectivity index (χ3v) is 6.38. The van der Waals surface area contributed by atoms with Gasteiger partial charge in [-0.3, -0.25) is 14.5 Å². The van der Waals surface area contributed by atoms with Gasteiger partial charge in [-0.15, -0.1) is 10.2 Å². The Bertz CT molecular complexity index is 887. The van der Waals surface area contributed by atoms with Gasteiger partial charge in [-0.05, 0) is 37.0 Å². The molecule has 1 aromatic heterocycles. The summed E-state index contributed by atoms with van der Waals surface area (Å²) in [5, 5.41) is 13.0. The summed E-state index contributed by atoms with van der Waals surface area (Å²) < 4.78 is 5.23. The third-order valence-electron chi connectivity index (χ3n) is 5.37. The van der Waals surface area contributed by atoms with Crippen LogP contribution >= 0.6 is 11.3 Å². The van der Waals surface area contributed by atoms with Gasteiger partial charge >= 0.3 is 0 Å². The molecule has 2 aromatic rings. The number of hydrogen-bond acceptors (Lipinski definition) is 7. The molecule has 9 heteroatoms. The van der Waals surface area contributed by atoms with Gasteiger partial charge in [0, 0.05) is 32.6 Å². The maximum Gasteiger partial charge on any atom is 0.228 e. The molecule has 0 spiro atoms. The summed E-state index contributed by atoms with van der Waals surface area (Å²) in [5.74, 6) is 0.859. The Morgan fingerprint density at radius 3 is 2.93 bits per heavy atom. The van der Waals surface area contributed by atoms with Gasteiger partial charge < -0.3 is 15.0 Å². The Labute approximate surface area is 173 Å². The fourth-order valence-electron chi connectivity index (χ4n) is 3.78. The molecule has 29 heavy (non-hydrogen) atoms. The molecule has 4 rings (SSSR count). The van der Waals surface area contributed by atoms with Gasteiger partial charge in [-0.25, -0.2) is 0 Å². The number of ether oxygens (including phenoxy) is 1. The lowest BCUT2D eigenvalue weighted by Crippen LogP contribution is -2.43. The second-order valence-electron chi connectivity index (χ2n) is 7.37. The molecule has 2 aliphatic rings. The zero-order chi connectivity index (χ0) is 20.2. The van der Waals surface area contributed by atoms with Crippen molar-refractivity contribution in [2.45, 2.75) is 32.2 Å². The largest absolute Gasteiger partial charge is 0.497 e. The molecular formula is C20H25N5O3S. The molecule has 0 unspecified atom stereocenters. The van der Waals surface area contributed by atoms with Crippen LogP contribution < -0.4 is 19.9 Å². The normalized spacial score (nSPS) is 19.5. The number of methoxy groups -OCH3 is 1. The van der Waals surface area contributed by atoms with Crippen molar-refractivity contribution in [1.29, 1.82) is 0 Å². The first-order valence-electron chi connectivity index (χ1n) is 9.93. The van der Waals surface area contributed by atoms with E-state index in [1.165, 1.54) is 11.3 Å². The van der Waals surface area contributed by atoms with Crippen LogP contribution in [-0.4, -0.2) is 48.8 Å². The number of amides is 2. The summed E-state index contributed by atoms with van der Waals surface area (Å²) in [6.45, 7) is 2.66. The summed E-state index contributed by atoms with van der Waals surface area (Å²) in [4.78, 5) is 28.5. The summed E-state index contributed by atoms with van der Waals surface area (Å²) in [6, 6.07) is 7.70. The van der Waals surface area contributed by atoms with E-state index in [1.54, 1.807) is 12.0 Å². The summed E-state index contributed by atoms with van der Waals surface area (Å²) >= 11 is 1.43. The standard InChI is InChI=1S/C20H25N5O3S/c1-28-16-7-2-5-14(11-16)12-21-18(27)15-6-3-9-24(13-15)19-22-23-20(29-19)25-10-4-8-17(25)26/h2,5,7,11,15H,3-4,6,8-10,12-13H2,1H3,(H,21,27)/t15-/m1/s1. The first kappa shape index (κ1) is 19.6. The van der Waals surface area contributed by atoms with Crippen LogP contribution in [0.2, 0.25) is 0 Å². The first-order chi connectivity index (χ1) is 14.1. The van der Waals surface area contributed by atoms with Gasteiger partial charge in [-0.2, -0.15) is 0 Å². The zero-order valence-corrected chi connectivity index (χ0v) is 17.3. The SMILES string of the molecule is COc1cccc(CNC(=O)[C@@H]2CCCN(c3nnc(N4CCCC4=O)s3)C2)c1. The van der Waals surface area contributed by atoms with Crippen LogP contribution in [0.3, 0.4) is 0 Å². The van der Waals surface area contributed by atoms with Gasteiger partial charge in [0.2, 0.25) is 22.1 Å². The van der Waals surface area contributed by atoms with Crippen molar-refractivity contribution in [3.05, 3.63) is 29.8 Å². The number of carbonyl (C=O) groups excluding carboxylic acids is 2. The van der Waals surface area contributed by atoms with Crippen molar-refractivity contribution >= 4 is 33.4 Å². The monoisotopic (exact) mass is 415 g/mol. The lowest BCUT2D eigenvalue weighted by atomic mass is 9.97. The topological polar surface area (TPSA) is 87.7 Å². The number of carbonyl (C=O) groups is 2. The Balaban J connectivity index is 1.35. The number of hydrogen-bond donors (Lipinski definition) is 1. The molecule has 2 aliphatic heterocycles. The van der Waals surface area contributed by atoms with E-state index >= 15 is 0 Å². The Morgan fingerprint density at radius 1 is 1.28 bits per heavy atom. The van der Waals surface area contributed by atoms with Crippen LogP contribution in [0.1, 0.15) is 31.2 Å². The average Bonchev–Trinajstić information content (AvgIpc) is 3.41. The molecule has 3 heterocycles. The molecule has 0 radical (unpaired) electrons. The number of rotatable bonds is 6. The molecule has 1 atom stereocenters. The van der Waals surface area contributed by atoms with Crippen molar-refractivity contribution in [1.82, 2.24) is 15.5 Å². The van der Waals surface area contributed by atoms with Crippen LogP contribution in [0, 0.1) is 5.92 Å². The number of aromatic nitrogens is 2. The molecule has 2 fully saturated rings. The Kier molecular flexibility index (Phi) is 5.94. The molecule has 1 N–H and O–H groups in total. The van der Waals surface area contributed by atoms with Crippen molar-refractivity contribution in [2.75, 3.05) is 36.5 Å². The van der Waals surface area contributed by atoms with Crippen molar-refractivity contribution in [3.8, 4) is 5.75 Å². The molecule has 8 nitrogen and oxygen atoms in total.